The molecule has 4 aromatic rings. The van der Waals surface area contributed by atoms with E-state index < -0.39 is 0 Å². The highest BCUT2D eigenvalue weighted by Crippen LogP contribution is 2.40. The average Bonchev–Trinajstić information content (AvgIpc) is 3.55. The summed E-state index contributed by atoms with van der Waals surface area (Å²) >= 11 is 0. The van der Waals surface area contributed by atoms with E-state index in [1.54, 1.807) is 17.0 Å². The van der Waals surface area contributed by atoms with Crippen LogP contribution in [0.3, 0.4) is 0 Å². The van der Waals surface area contributed by atoms with Gasteiger partial charge in [0.25, 0.3) is 0 Å². The molecule has 1 saturated carbocycles. The average molecular weight is 455 g/mol. The van der Waals surface area contributed by atoms with Gasteiger partial charge >= 0.3 is 0 Å². The summed E-state index contributed by atoms with van der Waals surface area (Å²) in [6.07, 6.45) is 2.08. The second-order valence-corrected chi connectivity index (χ2v) is 9.02. The first kappa shape index (κ1) is 20.6. The van der Waals surface area contributed by atoms with Crippen LogP contribution in [0.5, 0.6) is 0 Å². The molecule has 6 rings (SSSR count). The van der Waals surface area contributed by atoms with Gasteiger partial charge in [0.15, 0.2) is 0 Å². The zero-order valence-electron chi connectivity index (χ0n) is 18.4. The van der Waals surface area contributed by atoms with Crippen molar-refractivity contribution < 1.29 is 14.0 Å². The van der Waals surface area contributed by atoms with Crippen molar-refractivity contribution in [3.05, 3.63) is 84.2 Å². The number of hydrogen-bond donors (Lipinski definition) is 2. The lowest BCUT2D eigenvalue weighted by atomic mass is 9.99. The molecule has 3 aromatic carbocycles. The molecule has 1 aromatic heterocycles. The number of carbonyl (C=O) groups excluding carboxylic acids is 2. The minimum Gasteiger partial charge on any atom is -0.350 e. The highest BCUT2D eigenvalue weighted by Gasteiger charge is 2.44. The number of nitrogens with zero attached hydrogens (tertiary/aromatic N) is 2. The number of aromatic nitrogens is 2. The summed E-state index contributed by atoms with van der Waals surface area (Å²) in [5.74, 6) is -0.221. The first-order valence-electron chi connectivity index (χ1n) is 11.5. The Kier molecular flexibility index (Phi) is 4.90. The highest BCUT2D eigenvalue weighted by atomic mass is 19.1. The van der Waals surface area contributed by atoms with Gasteiger partial charge in [-0.05, 0) is 60.9 Å². The maximum absolute atomic E-state index is 13.3. The Balaban J connectivity index is 1.37. The van der Waals surface area contributed by atoms with Gasteiger partial charge in [-0.15, -0.1) is 0 Å². The smallest absolute Gasteiger partial charge is 0.229 e. The molecule has 2 atom stereocenters. The molecule has 2 amide bonds. The number of amides is 2. The van der Waals surface area contributed by atoms with Crippen LogP contribution in [0.4, 0.5) is 10.1 Å². The third kappa shape index (κ3) is 3.63. The number of benzene rings is 3. The Morgan fingerprint density at radius 3 is 2.53 bits per heavy atom. The maximum atomic E-state index is 13.3. The van der Waals surface area contributed by atoms with Gasteiger partial charge in [0.1, 0.15) is 5.82 Å². The normalized spacial score (nSPS) is 20.1. The second-order valence-electron chi connectivity index (χ2n) is 9.02. The lowest BCUT2D eigenvalue weighted by Gasteiger charge is -2.29. The topological polar surface area (TPSA) is 78.1 Å². The van der Waals surface area contributed by atoms with Crippen molar-refractivity contribution in [2.24, 2.45) is 5.92 Å². The molecule has 7 heteroatoms. The molecule has 34 heavy (non-hydrogen) atoms. The van der Waals surface area contributed by atoms with Crippen molar-refractivity contribution in [1.82, 2.24) is 15.5 Å². The fourth-order valence-corrected chi connectivity index (χ4v) is 4.83. The van der Waals surface area contributed by atoms with Crippen molar-refractivity contribution in [2.75, 3.05) is 4.90 Å². The summed E-state index contributed by atoms with van der Waals surface area (Å²) in [7, 11) is 0. The maximum Gasteiger partial charge on any atom is 0.229 e. The number of aromatic amines is 1. The van der Waals surface area contributed by atoms with E-state index in [0.29, 0.717) is 0 Å². The van der Waals surface area contributed by atoms with Crippen molar-refractivity contribution in [2.45, 2.75) is 31.3 Å². The summed E-state index contributed by atoms with van der Waals surface area (Å²) < 4.78 is 13.3. The van der Waals surface area contributed by atoms with E-state index in [2.05, 4.69) is 15.5 Å². The molecule has 0 radical (unpaired) electrons. The van der Waals surface area contributed by atoms with E-state index in [0.717, 1.165) is 46.3 Å². The van der Waals surface area contributed by atoms with Gasteiger partial charge in [0.05, 0.1) is 23.3 Å². The number of H-pyrrole nitrogens is 1. The van der Waals surface area contributed by atoms with E-state index >= 15 is 0 Å². The summed E-state index contributed by atoms with van der Waals surface area (Å²) in [4.78, 5) is 27.6. The van der Waals surface area contributed by atoms with Crippen LogP contribution in [0.1, 0.15) is 30.9 Å². The minimum atomic E-state index is -0.298. The Hall–Kier alpha value is -4.00. The van der Waals surface area contributed by atoms with Crippen LogP contribution in [-0.4, -0.2) is 28.1 Å². The minimum absolute atomic E-state index is 0.0347. The number of anilines is 1. The van der Waals surface area contributed by atoms with Crippen LogP contribution in [0.25, 0.3) is 22.2 Å². The fourth-order valence-electron chi connectivity index (χ4n) is 4.83. The number of halogens is 1. The van der Waals surface area contributed by atoms with Gasteiger partial charge < -0.3 is 10.2 Å². The molecule has 6 nitrogen and oxygen atoms in total. The zero-order chi connectivity index (χ0) is 23.2. The molecule has 0 spiro atoms. The quantitative estimate of drug-likeness (QED) is 0.457. The summed E-state index contributed by atoms with van der Waals surface area (Å²) in [6, 6.07) is 21.2. The van der Waals surface area contributed by atoms with Crippen LogP contribution >= 0.6 is 0 Å². The van der Waals surface area contributed by atoms with E-state index in [9.17, 15) is 14.0 Å². The van der Waals surface area contributed by atoms with Crippen molar-refractivity contribution in [1.29, 1.82) is 0 Å². The number of carbonyl (C=O) groups is 2. The van der Waals surface area contributed by atoms with Gasteiger partial charge in [0, 0.05) is 29.0 Å². The highest BCUT2D eigenvalue weighted by molar-refractivity contribution is 6.01. The Morgan fingerprint density at radius 1 is 1.03 bits per heavy atom. The molecule has 0 bridgehead atoms. The molecule has 2 heterocycles. The second kappa shape index (κ2) is 8.09. The van der Waals surface area contributed by atoms with Crippen LogP contribution in [0.2, 0.25) is 0 Å². The van der Waals surface area contributed by atoms with Crippen molar-refractivity contribution in [3.8, 4) is 11.3 Å². The monoisotopic (exact) mass is 454 g/mol. The third-order valence-corrected chi connectivity index (χ3v) is 6.68. The summed E-state index contributed by atoms with van der Waals surface area (Å²) in [6.45, 7) is 0. The van der Waals surface area contributed by atoms with Crippen molar-refractivity contribution in [3.63, 3.8) is 0 Å². The number of hydrogen-bond acceptors (Lipinski definition) is 3. The van der Waals surface area contributed by atoms with Crippen LogP contribution in [-0.2, 0) is 9.59 Å². The molecule has 1 aliphatic heterocycles. The SMILES string of the molecule is O=C(N[C@H]1CC(=O)N(c2ccc3c(-c4ccc(F)cc4)n[nH]c3c2)[C@@H]1c1ccccc1)C1CC1. The standard InChI is InChI=1S/C27H23FN4O2/c28-19-10-8-16(9-11-19)25-21-13-12-20(14-22(21)30-31-25)32-24(33)15-23(29-27(34)18-6-7-18)26(32)17-4-2-1-3-5-17/h1-5,8-14,18,23,26H,6-7,15H2,(H,29,34)(H,30,31)/t23-,26+/m0/s1. The van der Waals surface area contributed by atoms with Crippen LogP contribution in [0, 0.1) is 11.7 Å². The fraction of sp³-hybridized carbons (Fsp3) is 0.222. The first-order valence-corrected chi connectivity index (χ1v) is 11.5. The molecule has 2 aliphatic rings. The molecule has 170 valence electrons. The predicted octanol–water partition coefficient (Wildman–Crippen LogP) is 4.74. The number of rotatable bonds is 5. The largest absolute Gasteiger partial charge is 0.350 e. The number of nitrogens with one attached hydrogen (secondary N) is 2. The van der Waals surface area contributed by atoms with E-state index in [1.807, 2.05) is 48.5 Å². The lowest BCUT2D eigenvalue weighted by Crippen LogP contribution is -2.40. The Labute approximate surface area is 195 Å². The van der Waals surface area contributed by atoms with E-state index in [-0.39, 0.29) is 42.1 Å². The number of fused-ring (bicyclic) bond motifs is 1. The summed E-state index contributed by atoms with van der Waals surface area (Å²) in [5, 5.41) is 11.5. The summed E-state index contributed by atoms with van der Waals surface area (Å²) in [5.41, 5.74) is 4.03. The van der Waals surface area contributed by atoms with Gasteiger partial charge in [-0.2, -0.15) is 5.10 Å². The third-order valence-electron chi connectivity index (χ3n) is 6.68. The molecule has 1 saturated heterocycles. The Morgan fingerprint density at radius 2 is 1.79 bits per heavy atom. The molecular weight excluding hydrogens is 431 g/mol. The van der Waals surface area contributed by atoms with E-state index in [1.165, 1.54) is 12.1 Å². The van der Waals surface area contributed by atoms with Crippen molar-refractivity contribution >= 4 is 28.4 Å². The van der Waals surface area contributed by atoms with Crippen LogP contribution < -0.4 is 10.2 Å². The molecule has 2 N–H and O–H groups in total. The molecule has 0 unspecified atom stereocenters. The van der Waals surface area contributed by atoms with E-state index in [4.69, 9.17) is 0 Å². The first-order chi connectivity index (χ1) is 16.6. The predicted molar refractivity (Wildman–Crippen MR) is 127 cm³/mol. The van der Waals surface area contributed by atoms with Gasteiger partial charge in [-0.1, -0.05) is 30.3 Å². The zero-order valence-corrected chi connectivity index (χ0v) is 18.4. The Bertz CT molecular complexity index is 1380. The van der Waals surface area contributed by atoms with Gasteiger partial charge in [-0.3, -0.25) is 14.7 Å². The molecule has 2 fully saturated rings. The lowest BCUT2D eigenvalue weighted by molar-refractivity contribution is -0.123. The van der Waals surface area contributed by atoms with Gasteiger partial charge in [0.2, 0.25) is 11.8 Å². The molecule has 1 aliphatic carbocycles. The molecular formula is C27H23FN4O2. The van der Waals surface area contributed by atoms with Crippen LogP contribution in [0.15, 0.2) is 72.8 Å². The van der Waals surface area contributed by atoms with Gasteiger partial charge in [-0.25, -0.2) is 4.39 Å².